The van der Waals surface area contributed by atoms with Crippen LogP contribution >= 0.6 is 0 Å². The van der Waals surface area contributed by atoms with Crippen molar-refractivity contribution in [2.45, 2.75) is 18.9 Å². The highest BCUT2D eigenvalue weighted by Gasteiger charge is 2.22. The topological polar surface area (TPSA) is 66.7 Å². The molecule has 5 nitrogen and oxygen atoms in total. The third-order valence-corrected chi connectivity index (χ3v) is 2.64. The van der Waals surface area contributed by atoms with E-state index in [-0.39, 0.29) is 6.04 Å². The van der Waals surface area contributed by atoms with Gasteiger partial charge in [-0.05, 0) is 31.5 Å². The van der Waals surface area contributed by atoms with Crippen LogP contribution in [0.25, 0.3) is 11.6 Å². The summed E-state index contributed by atoms with van der Waals surface area (Å²) in [4.78, 5) is 7.40. The number of hydrogen-bond acceptors (Lipinski definition) is 4. The molecule has 0 aromatic carbocycles. The van der Waals surface area contributed by atoms with Gasteiger partial charge in [0.2, 0.25) is 0 Å². The Bertz CT molecular complexity index is 428. The minimum Gasteiger partial charge on any atom is -0.357 e. The summed E-state index contributed by atoms with van der Waals surface area (Å²) in [7, 11) is 0. The van der Waals surface area contributed by atoms with Crippen molar-refractivity contribution in [1.82, 2.24) is 20.4 Å². The predicted molar refractivity (Wildman–Crippen MR) is 54.1 cm³/mol. The van der Waals surface area contributed by atoms with E-state index in [1.807, 2.05) is 18.3 Å². The molecule has 2 aromatic rings. The average Bonchev–Trinajstić information content (AvgIpc) is 3.02. The van der Waals surface area contributed by atoms with Crippen LogP contribution in [0.1, 0.15) is 24.7 Å². The molecule has 2 N–H and O–H groups in total. The van der Waals surface area contributed by atoms with E-state index in [2.05, 4.69) is 20.4 Å². The Morgan fingerprint density at radius 2 is 2.47 bits per heavy atom. The third kappa shape index (κ3) is 1.55. The van der Waals surface area contributed by atoms with E-state index >= 15 is 0 Å². The van der Waals surface area contributed by atoms with E-state index in [4.69, 9.17) is 4.52 Å². The Hall–Kier alpha value is -1.62. The summed E-state index contributed by atoms with van der Waals surface area (Å²) < 4.78 is 5.19. The molecule has 1 fully saturated rings. The lowest BCUT2D eigenvalue weighted by molar-refractivity contribution is 0.411. The van der Waals surface area contributed by atoms with Crippen molar-refractivity contribution in [2.24, 2.45) is 0 Å². The van der Waals surface area contributed by atoms with Crippen LogP contribution in [0.4, 0.5) is 0 Å². The van der Waals surface area contributed by atoms with Crippen LogP contribution in [-0.2, 0) is 0 Å². The molecule has 1 aliphatic rings. The normalized spacial score (nSPS) is 20.9. The number of hydrogen-bond donors (Lipinski definition) is 2. The van der Waals surface area contributed by atoms with Crippen LogP contribution in [0.2, 0.25) is 0 Å². The lowest BCUT2D eigenvalue weighted by atomic mass is 10.2. The van der Waals surface area contributed by atoms with Crippen LogP contribution in [-0.4, -0.2) is 21.7 Å². The zero-order valence-electron chi connectivity index (χ0n) is 8.23. The van der Waals surface area contributed by atoms with Crippen molar-refractivity contribution in [1.29, 1.82) is 0 Å². The second kappa shape index (κ2) is 3.51. The van der Waals surface area contributed by atoms with Gasteiger partial charge < -0.3 is 14.8 Å². The standard InChI is InChI=1S/C10H12N4O/c1-3-7(11-5-1)9-13-10(15-14-9)8-4-2-6-12-8/h2,4,6-7,11-12H,1,3,5H2. The Kier molecular flexibility index (Phi) is 2.03. The summed E-state index contributed by atoms with van der Waals surface area (Å²) >= 11 is 0. The number of nitrogens with one attached hydrogen (secondary N) is 2. The van der Waals surface area contributed by atoms with Gasteiger partial charge in [0, 0.05) is 6.20 Å². The Morgan fingerprint density at radius 1 is 1.47 bits per heavy atom. The number of rotatable bonds is 2. The first-order valence-corrected chi connectivity index (χ1v) is 5.14. The number of aromatic nitrogens is 3. The van der Waals surface area contributed by atoms with Gasteiger partial charge >= 0.3 is 0 Å². The molecule has 0 saturated carbocycles. The van der Waals surface area contributed by atoms with E-state index in [1.54, 1.807) is 0 Å². The zero-order valence-corrected chi connectivity index (χ0v) is 8.23. The largest absolute Gasteiger partial charge is 0.357 e. The van der Waals surface area contributed by atoms with Crippen LogP contribution < -0.4 is 5.32 Å². The summed E-state index contributed by atoms with van der Waals surface area (Å²) in [6, 6.07) is 4.09. The van der Waals surface area contributed by atoms with Crippen LogP contribution in [0, 0.1) is 0 Å². The fourth-order valence-electron chi connectivity index (χ4n) is 1.85. The van der Waals surface area contributed by atoms with Crippen molar-refractivity contribution < 1.29 is 4.52 Å². The summed E-state index contributed by atoms with van der Waals surface area (Å²) in [6.07, 6.45) is 4.10. The van der Waals surface area contributed by atoms with E-state index in [0.717, 1.165) is 24.5 Å². The molecule has 0 radical (unpaired) electrons. The molecule has 15 heavy (non-hydrogen) atoms. The quantitative estimate of drug-likeness (QED) is 0.777. The lowest BCUT2D eigenvalue weighted by Crippen LogP contribution is -2.14. The van der Waals surface area contributed by atoms with Gasteiger partial charge in [0.1, 0.15) is 5.69 Å². The Balaban J connectivity index is 1.87. The van der Waals surface area contributed by atoms with Crippen molar-refractivity contribution >= 4 is 0 Å². The highest BCUT2D eigenvalue weighted by atomic mass is 16.5. The molecule has 2 aromatic heterocycles. The monoisotopic (exact) mass is 204 g/mol. The lowest BCUT2D eigenvalue weighted by Gasteiger charge is -2.01. The summed E-state index contributed by atoms with van der Waals surface area (Å²) in [5, 5.41) is 7.32. The van der Waals surface area contributed by atoms with Crippen LogP contribution in [0.3, 0.4) is 0 Å². The average molecular weight is 204 g/mol. The van der Waals surface area contributed by atoms with Crippen molar-refractivity contribution in [3.8, 4) is 11.6 Å². The smallest absolute Gasteiger partial charge is 0.274 e. The second-order valence-electron chi connectivity index (χ2n) is 3.69. The Morgan fingerprint density at radius 3 is 3.20 bits per heavy atom. The molecule has 1 saturated heterocycles. The van der Waals surface area contributed by atoms with Gasteiger partial charge in [0.05, 0.1) is 6.04 Å². The summed E-state index contributed by atoms with van der Waals surface area (Å²) in [6.45, 7) is 1.04. The minimum absolute atomic E-state index is 0.262. The molecule has 3 heterocycles. The fourth-order valence-corrected chi connectivity index (χ4v) is 1.85. The minimum atomic E-state index is 0.262. The molecule has 78 valence electrons. The molecular formula is C10H12N4O. The highest BCUT2D eigenvalue weighted by Crippen LogP contribution is 2.22. The fraction of sp³-hybridized carbons (Fsp3) is 0.400. The first-order valence-electron chi connectivity index (χ1n) is 5.14. The SMILES string of the molecule is c1c[nH]c(-c2nc(C3CCCN3)no2)c1. The van der Waals surface area contributed by atoms with Gasteiger partial charge in [0.15, 0.2) is 5.82 Å². The highest BCUT2D eigenvalue weighted by molar-refractivity contribution is 5.46. The molecule has 0 amide bonds. The molecular weight excluding hydrogens is 192 g/mol. The first kappa shape index (κ1) is 8.67. The molecule has 1 unspecified atom stereocenters. The van der Waals surface area contributed by atoms with Gasteiger partial charge in [-0.15, -0.1) is 0 Å². The van der Waals surface area contributed by atoms with Crippen molar-refractivity contribution in [3.05, 3.63) is 24.2 Å². The summed E-state index contributed by atoms with van der Waals surface area (Å²) in [5.74, 6) is 1.32. The van der Waals surface area contributed by atoms with Gasteiger partial charge in [0.25, 0.3) is 5.89 Å². The first-order chi connectivity index (χ1) is 7.43. The van der Waals surface area contributed by atoms with Crippen molar-refractivity contribution in [2.75, 3.05) is 6.54 Å². The number of aromatic amines is 1. The summed E-state index contributed by atoms with van der Waals surface area (Å²) in [5.41, 5.74) is 0.867. The maximum absolute atomic E-state index is 5.19. The zero-order chi connectivity index (χ0) is 10.1. The van der Waals surface area contributed by atoms with Crippen LogP contribution in [0.5, 0.6) is 0 Å². The molecule has 1 atom stereocenters. The number of nitrogens with zero attached hydrogens (tertiary/aromatic N) is 2. The van der Waals surface area contributed by atoms with E-state index in [0.29, 0.717) is 5.89 Å². The van der Waals surface area contributed by atoms with E-state index < -0.39 is 0 Å². The van der Waals surface area contributed by atoms with Crippen LogP contribution in [0.15, 0.2) is 22.9 Å². The maximum atomic E-state index is 5.19. The molecule has 0 spiro atoms. The molecule has 0 bridgehead atoms. The molecule has 3 rings (SSSR count). The third-order valence-electron chi connectivity index (χ3n) is 2.64. The van der Waals surface area contributed by atoms with Gasteiger partial charge in [-0.3, -0.25) is 0 Å². The molecule has 5 heteroatoms. The predicted octanol–water partition coefficient (Wildman–Crippen LogP) is 1.49. The second-order valence-corrected chi connectivity index (χ2v) is 3.69. The van der Waals surface area contributed by atoms with E-state index in [9.17, 15) is 0 Å². The molecule has 0 aliphatic carbocycles. The van der Waals surface area contributed by atoms with Gasteiger partial charge in [-0.25, -0.2) is 0 Å². The van der Waals surface area contributed by atoms with E-state index in [1.165, 1.54) is 6.42 Å². The van der Waals surface area contributed by atoms with Gasteiger partial charge in [-0.1, -0.05) is 5.16 Å². The maximum Gasteiger partial charge on any atom is 0.274 e. The Labute approximate surface area is 86.9 Å². The van der Waals surface area contributed by atoms with Gasteiger partial charge in [-0.2, -0.15) is 4.98 Å². The number of H-pyrrole nitrogens is 1. The van der Waals surface area contributed by atoms with Crippen molar-refractivity contribution in [3.63, 3.8) is 0 Å². The molecule has 1 aliphatic heterocycles.